The molecule has 0 fully saturated rings. The van der Waals surface area contributed by atoms with E-state index < -0.39 is 9.05 Å². The molecule has 0 aliphatic rings. The standard InChI is InChI=1S/C14H13ClO4S/c1-18-13-8-5-11(9-14(13)19-2)10-3-6-12(7-4-10)20(15,16)17/h3-9H,1-2H3. The summed E-state index contributed by atoms with van der Waals surface area (Å²) in [4.78, 5) is 0.0726. The van der Waals surface area contributed by atoms with E-state index in [1.165, 1.54) is 12.1 Å². The molecule has 106 valence electrons. The molecule has 0 atom stereocenters. The van der Waals surface area contributed by atoms with Gasteiger partial charge in [-0.05, 0) is 35.4 Å². The third-order valence-corrected chi connectivity index (χ3v) is 4.22. The quantitative estimate of drug-likeness (QED) is 0.813. The van der Waals surface area contributed by atoms with E-state index >= 15 is 0 Å². The Morgan fingerprint density at radius 1 is 0.850 bits per heavy atom. The number of hydrogen-bond donors (Lipinski definition) is 0. The first-order chi connectivity index (χ1) is 9.45. The highest BCUT2D eigenvalue weighted by Crippen LogP contribution is 2.32. The van der Waals surface area contributed by atoms with Crippen LogP contribution in [0.2, 0.25) is 0 Å². The molecule has 2 rings (SSSR count). The van der Waals surface area contributed by atoms with Crippen LogP contribution in [0, 0.1) is 0 Å². The molecular weight excluding hydrogens is 300 g/mol. The molecule has 0 heterocycles. The Morgan fingerprint density at radius 3 is 1.90 bits per heavy atom. The topological polar surface area (TPSA) is 52.6 Å². The minimum Gasteiger partial charge on any atom is -0.493 e. The molecule has 0 amide bonds. The van der Waals surface area contributed by atoms with Crippen LogP contribution in [0.4, 0.5) is 0 Å². The van der Waals surface area contributed by atoms with Crippen LogP contribution >= 0.6 is 10.7 Å². The molecule has 0 aromatic heterocycles. The van der Waals surface area contributed by atoms with Crippen molar-refractivity contribution in [2.75, 3.05) is 14.2 Å². The molecule has 2 aromatic rings. The van der Waals surface area contributed by atoms with E-state index in [1.807, 2.05) is 12.1 Å². The zero-order valence-corrected chi connectivity index (χ0v) is 12.5. The molecule has 0 aliphatic heterocycles. The summed E-state index contributed by atoms with van der Waals surface area (Å²) in [6.45, 7) is 0. The van der Waals surface area contributed by atoms with Gasteiger partial charge in [0.25, 0.3) is 9.05 Å². The predicted octanol–water partition coefficient (Wildman–Crippen LogP) is 3.30. The predicted molar refractivity (Wildman–Crippen MR) is 78.0 cm³/mol. The SMILES string of the molecule is COc1ccc(-c2ccc(S(=O)(=O)Cl)cc2)cc1OC. The molecule has 0 unspecified atom stereocenters. The summed E-state index contributed by atoms with van der Waals surface area (Å²) in [5.74, 6) is 1.25. The molecule has 0 saturated heterocycles. The molecular formula is C14H13ClO4S. The van der Waals surface area contributed by atoms with Crippen molar-refractivity contribution in [3.63, 3.8) is 0 Å². The summed E-state index contributed by atoms with van der Waals surface area (Å²) in [6, 6.07) is 11.8. The molecule has 4 nitrogen and oxygen atoms in total. The summed E-state index contributed by atoms with van der Waals surface area (Å²) in [7, 11) is 4.71. The average Bonchev–Trinajstić information content (AvgIpc) is 2.45. The molecule has 0 saturated carbocycles. The van der Waals surface area contributed by atoms with Crippen molar-refractivity contribution in [3.8, 4) is 22.6 Å². The lowest BCUT2D eigenvalue weighted by molar-refractivity contribution is 0.355. The smallest absolute Gasteiger partial charge is 0.261 e. The fourth-order valence-electron chi connectivity index (χ4n) is 1.83. The van der Waals surface area contributed by atoms with E-state index in [-0.39, 0.29) is 4.90 Å². The van der Waals surface area contributed by atoms with Crippen molar-refractivity contribution in [2.45, 2.75) is 4.90 Å². The molecule has 0 spiro atoms. The third kappa shape index (κ3) is 3.05. The fraction of sp³-hybridized carbons (Fsp3) is 0.143. The number of halogens is 1. The summed E-state index contributed by atoms with van der Waals surface area (Å²) >= 11 is 0. The van der Waals surface area contributed by atoms with Crippen LogP contribution in [0.15, 0.2) is 47.4 Å². The maximum absolute atomic E-state index is 11.2. The van der Waals surface area contributed by atoms with Gasteiger partial charge in [0.05, 0.1) is 19.1 Å². The second-order valence-corrected chi connectivity index (χ2v) is 6.60. The summed E-state index contributed by atoms with van der Waals surface area (Å²) in [6.07, 6.45) is 0. The van der Waals surface area contributed by atoms with E-state index in [0.717, 1.165) is 11.1 Å². The van der Waals surface area contributed by atoms with Crippen molar-refractivity contribution in [1.29, 1.82) is 0 Å². The highest BCUT2D eigenvalue weighted by Gasteiger charge is 2.10. The summed E-state index contributed by atoms with van der Waals surface area (Å²) in [5.41, 5.74) is 1.75. The highest BCUT2D eigenvalue weighted by molar-refractivity contribution is 8.13. The van der Waals surface area contributed by atoms with Crippen molar-refractivity contribution >= 4 is 19.7 Å². The van der Waals surface area contributed by atoms with Gasteiger partial charge in [0, 0.05) is 10.7 Å². The van der Waals surface area contributed by atoms with E-state index in [4.69, 9.17) is 20.2 Å². The lowest BCUT2D eigenvalue weighted by atomic mass is 10.1. The maximum atomic E-state index is 11.2. The van der Waals surface area contributed by atoms with Gasteiger partial charge in [0.15, 0.2) is 11.5 Å². The van der Waals surface area contributed by atoms with Crippen LogP contribution in [0.5, 0.6) is 11.5 Å². The van der Waals surface area contributed by atoms with E-state index in [0.29, 0.717) is 11.5 Å². The van der Waals surface area contributed by atoms with Crippen LogP contribution in [0.1, 0.15) is 0 Å². The molecule has 0 N–H and O–H groups in total. The van der Waals surface area contributed by atoms with Crippen LogP contribution in [-0.4, -0.2) is 22.6 Å². The average molecular weight is 313 g/mol. The lowest BCUT2D eigenvalue weighted by Gasteiger charge is -2.10. The fourth-order valence-corrected chi connectivity index (χ4v) is 2.60. The van der Waals surface area contributed by atoms with Crippen LogP contribution in [-0.2, 0) is 9.05 Å². The monoisotopic (exact) mass is 312 g/mol. The number of rotatable bonds is 4. The van der Waals surface area contributed by atoms with Gasteiger partial charge < -0.3 is 9.47 Å². The van der Waals surface area contributed by atoms with E-state index in [1.54, 1.807) is 32.4 Å². The Bertz CT molecular complexity index is 708. The number of hydrogen-bond acceptors (Lipinski definition) is 4. The molecule has 0 bridgehead atoms. The third-order valence-electron chi connectivity index (χ3n) is 2.85. The van der Waals surface area contributed by atoms with Gasteiger partial charge in [-0.3, -0.25) is 0 Å². The zero-order chi connectivity index (χ0) is 14.8. The molecule has 6 heteroatoms. The second-order valence-electron chi connectivity index (χ2n) is 4.03. The Hall–Kier alpha value is -1.72. The zero-order valence-electron chi connectivity index (χ0n) is 11.0. The van der Waals surface area contributed by atoms with Gasteiger partial charge in [-0.1, -0.05) is 18.2 Å². The van der Waals surface area contributed by atoms with Crippen molar-refractivity contribution in [2.24, 2.45) is 0 Å². The van der Waals surface area contributed by atoms with Gasteiger partial charge in [0.1, 0.15) is 0 Å². The van der Waals surface area contributed by atoms with Gasteiger partial charge in [0.2, 0.25) is 0 Å². The second kappa shape index (κ2) is 5.73. The number of benzene rings is 2. The van der Waals surface area contributed by atoms with Gasteiger partial charge in [-0.15, -0.1) is 0 Å². The summed E-state index contributed by atoms with van der Waals surface area (Å²) in [5, 5.41) is 0. The van der Waals surface area contributed by atoms with Crippen LogP contribution < -0.4 is 9.47 Å². The largest absolute Gasteiger partial charge is 0.493 e. The molecule has 0 radical (unpaired) electrons. The van der Waals surface area contributed by atoms with Gasteiger partial charge in [-0.25, -0.2) is 8.42 Å². The first-order valence-electron chi connectivity index (χ1n) is 5.73. The van der Waals surface area contributed by atoms with Crippen molar-refractivity contribution in [1.82, 2.24) is 0 Å². The number of methoxy groups -OCH3 is 2. The molecule has 0 aliphatic carbocycles. The number of ether oxygens (including phenoxy) is 2. The summed E-state index contributed by atoms with van der Waals surface area (Å²) < 4.78 is 32.8. The minimum absolute atomic E-state index is 0.0726. The van der Waals surface area contributed by atoms with Crippen molar-refractivity contribution in [3.05, 3.63) is 42.5 Å². The molecule has 20 heavy (non-hydrogen) atoms. The lowest BCUT2D eigenvalue weighted by Crippen LogP contribution is -1.92. The molecule has 2 aromatic carbocycles. The first-order valence-corrected chi connectivity index (χ1v) is 8.04. The van der Waals surface area contributed by atoms with Crippen LogP contribution in [0.25, 0.3) is 11.1 Å². The minimum atomic E-state index is -3.70. The maximum Gasteiger partial charge on any atom is 0.261 e. The Morgan fingerprint density at radius 2 is 1.40 bits per heavy atom. The van der Waals surface area contributed by atoms with Gasteiger partial charge in [-0.2, -0.15) is 0 Å². The normalized spacial score (nSPS) is 11.2. The Kier molecular flexibility index (Phi) is 4.20. The Balaban J connectivity index is 2.42. The van der Waals surface area contributed by atoms with Gasteiger partial charge >= 0.3 is 0 Å². The van der Waals surface area contributed by atoms with Crippen LogP contribution in [0.3, 0.4) is 0 Å². The van der Waals surface area contributed by atoms with E-state index in [2.05, 4.69) is 0 Å². The first kappa shape index (κ1) is 14.7. The van der Waals surface area contributed by atoms with E-state index in [9.17, 15) is 8.42 Å². The highest BCUT2D eigenvalue weighted by atomic mass is 35.7. The Labute approximate surface area is 122 Å². The van der Waals surface area contributed by atoms with Crippen molar-refractivity contribution < 1.29 is 17.9 Å².